The van der Waals surface area contributed by atoms with E-state index in [0.29, 0.717) is 17.9 Å². The molecule has 0 unspecified atom stereocenters. The lowest BCUT2D eigenvalue weighted by atomic mass is 10.1. The number of nitrogens with zero attached hydrogens (tertiary/aromatic N) is 1. The van der Waals surface area contributed by atoms with Gasteiger partial charge in [-0.2, -0.15) is 0 Å². The molecular formula is C14H17N3O2. The van der Waals surface area contributed by atoms with Crippen LogP contribution in [0.5, 0.6) is 5.75 Å². The first-order chi connectivity index (χ1) is 9.20. The maximum absolute atomic E-state index is 12.1. The van der Waals surface area contributed by atoms with E-state index in [9.17, 15) is 4.79 Å². The minimum Gasteiger partial charge on any atom is -0.496 e. The van der Waals surface area contributed by atoms with Crippen molar-refractivity contribution in [1.82, 2.24) is 15.3 Å². The molecule has 2 rings (SSSR count). The number of aromatic amines is 1. The third-order valence-electron chi connectivity index (χ3n) is 2.83. The summed E-state index contributed by atoms with van der Waals surface area (Å²) in [4.78, 5) is 19.0. The van der Waals surface area contributed by atoms with Gasteiger partial charge in [-0.25, -0.2) is 4.98 Å². The lowest BCUT2D eigenvalue weighted by molar-refractivity contribution is 0.0951. The number of rotatable bonds is 5. The Labute approximate surface area is 112 Å². The van der Waals surface area contributed by atoms with Gasteiger partial charge < -0.3 is 15.0 Å². The highest BCUT2D eigenvalue weighted by Crippen LogP contribution is 2.19. The van der Waals surface area contributed by atoms with E-state index in [4.69, 9.17) is 4.74 Å². The van der Waals surface area contributed by atoms with E-state index in [2.05, 4.69) is 15.3 Å². The van der Waals surface area contributed by atoms with Gasteiger partial charge in [0.15, 0.2) is 0 Å². The summed E-state index contributed by atoms with van der Waals surface area (Å²) in [6.45, 7) is 2.50. The summed E-state index contributed by atoms with van der Waals surface area (Å²) < 4.78 is 5.20. The van der Waals surface area contributed by atoms with Gasteiger partial charge in [0.1, 0.15) is 5.75 Å². The van der Waals surface area contributed by atoms with E-state index >= 15 is 0 Å². The first-order valence-electron chi connectivity index (χ1n) is 6.11. The number of carbonyl (C=O) groups is 1. The van der Waals surface area contributed by atoms with Gasteiger partial charge in [-0.05, 0) is 19.1 Å². The van der Waals surface area contributed by atoms with Crippen LogP contribution in [0.3, 0.4) is 0 Å². The molecule has 2 N–H and O–H groups in total. The van der Waals surface area contributed by atoms with E-state index in [-0.39, 0.29) is 5.91 Å². The Balaban J connectivity index is 1.97. The molecule has 0 aliphatic carbocycles. The van der Waals surface area contributed by atoms with Crippen LogP contribution in [0.4, 0.5) is 0 Å². The Hall–Kier alpha value is -2.30. The quantitative estimate of drug-likeness (QED) is 0.858. The monoisotopic (exact) mass is 259 g/mol. The molecule has 5 heteroatoms. The fourth-order valence-corrected chi connectivity index (χ4v) is 1.83. The van der Waals surface area contributed by atoms with Gasteiger partial charge in [0, 0.05) is 24.9 Å². The summed E-state index contributed by atoms with van der Waals surface area (Å²) in [6, 6.07) is 5.55. The van der Waals surface area contributed by atoms with Gasteiger partial charge in [-0.1, -0.05) is 11.6 Å². The number of ether oxygens (including phenoxy) is 1. The number of benzene rings is 1. The second-order valence-electron chi connectivity index (χ2n) is 4.29. The smallest absolute Gasteiger partial charge is 0.255 e. The summed E-state index contributed by atoms with van der Waals surface area (Å²) in [5.41, 5.74) is 2.59. The molecule has 19 heavy (non-hydrogen) atoms. The highest BCUT2D eigenvalue weighted by atomic mass is 16.5. The maximum Gasteiger partial charge on any atom is 0.255 e. The van der Waals surface area contributed by atoms with E-state index in [1.807, 2.05) is 19.1 Å². The zero-order valence-corrected chi connectivity index (χ0v) is 11.1. The van der Waals surface area contributed by atoms with Crippen LogP contribution in [0.25, 0.3) is 0 Å². The minimum atomic E-state index is -0.125. The first-order valence-corrected chi connectivity index (χ1v) is 6.11. The summed E-state index contributed by atoms with van der Waals surface area (Å²) in [7, 11) is 1.56. The van der Waals surface area contributed by atoms with Crippen LogP contribution in [0, 0.1) is 6.92 Å². The van der Waals surface area contributed by atoms with Crippen LogP contribution in [-0.2, 0) is 6.42 Å². The second-order valence-corrected chi connectivity index (χ2v) is 4.29. The van der Waals surface area contributed by atoms with Gasteiger partial charge in [0.2, 0.25) is 0 Å². The number of carbonyl (C=O) groups excluding carboxylic acids is 1. The van der Waals surface area contributed by atoms with Crippen LogP contribution in [0.2, 0.25) is 0 Å². The van der Waals surface area contributed by atoms with E-state index in [0.717, 1.165) is 17.7 Å². The highest BCUT2D eigenvalue weighted by molar-refractivity contribution is 5.97. The molecule has 0 aliphatic heterocycles. The predicted molar refractivity (Wildman–Crippen MR) is 72.4 cm³/mol. The molecule has 1 aromatic heterocycles. The van der Waals surface area contributed by atoms with Gasteiger partial charge >= 0.3 is 0 Å². The summed E-state index contributed by atoms with van der Waals surface area (Å²) in [5, 5.41) is 2.87. The Kier molecular flexibility index (Phi) is 4.18. The van der Waals surface area contributed by atoms with Crippen LogP contribution < -0.4 is 10.1 Å². The van der Waals surface area contributed by atoms with Crippen molar-refractivity contribution in [2.24, 2.45) is 0 Å². The molecule has 2 aromatic rings. The standard InChI is InChI=1S/C14H17N3O2/c1-10-3-4-13(19-2)12(7-10)14(18)16-6-5-11-8-15-9-17-11/h3-4,7-9H,5-6H2,1-2H3,(H,15,17)(H,16,18). The lowest BCUT2D eigenvalue weighted by Gasteiger charge is -2.09. The molecule has 1 amide bonds. The molecule has 0 atom stereocenters. The van der Waals surface area contributed by atoms with Crippen molar-refractivity contribution in [3.8, 4) is 5.75 Å². The number of hydrogen-bond acceptors (Lipinski definition) is 3. The van der Waals surface area contributed by atoms with Gasteiger partial charge in [0.05, 0.1) is 19.0 Å². The van der Waals surface area contributed by atoms with Gasteiger partial charge in [-0.3, -0.25) is 4.79 Å². The highest BCUT2D eigenvalue weighted by Gasteiger charge is 2.11. The van der Waals surface area contributed by atoms with E-state index in [1.165, 1.54) is 0 Å². The molecule has 1 heterocycles. The molecule has 0 spiro atoms. The Morgan fingerprint density at radius 2 is 2.32 bits per heavy atom. The zero-order valence-electron chi connectivity index (χ0n) is 11.1. The lowest BCUT2D eigenvalue weighted by Crippen LogP contribution is -2.26. The molecule has 100 valence electrons. The average Bonchev–Trinajstić information content (AvgIpc) is 2.91. The largest absolute Gasteiger partial charge is 0.496 e. The molecule has 0 fully saturated rings. The van der Waals surface area contributed by atoms with Crippen molar-refractivity contribution in [1.29, 1.82) is 0 Å². The SMILES string of the molecule is COc1ccc(C)cc1C(=O)NCCc1cnc[nH]1. The molecule has 0 saturated carbocycles. The van der Waals surface area contributed by atoms with Crippen molar-refractivity contribution < 1.29 is 9.53 Å². The first kappa shape index (κ1) is 13.1. The summed E-state index contributed by atoms with van der Waals surface area (Å²) in [6.07, 6.45) is 4.10. The maximum atomic E-state index is 12.1. The predicted octanol–water partition coefficient (Wildman–Crippen LogP) is 1.70. The number of nitrogens with one attached hydrogen (secondary N) is 2. The van der Waals surface area contributed by atoms with Crippen molar-refractivity contribution in [3.63, 3.8) is 0 Å². The number of hydrogen-bond donors (Lipinski definition) is 2. The Bertz CT molecular complexity index is 550. The normalized spacial score (nSPS) is 10.2. The number of aromatic nitrogens is 2. The average molecular weight is 259 g/mol. The number of H-pyrrole nitrogens is 1. The fraction of sp³-hybridized carbons (Fsp3) is 0.286. The molecule has 0 saturated heterocycles. The van der Waals surface area contributed by atoms with Crippen molar-refractivity contribution >= 4 is 5.91 Å². The van der Waals surface area contributed by atoms with Crippen molar-refractivity contribution in [2.75, 3.05) is 13.7 Å². The summed E-state index contributed by atoms with van der Waals surface area (Å²) >= 11 is 0. The van der Waals surface area contributed by atoms with E-state index in [1.54, 1.807) is 25.7 Å². The molecule has 1 aromatic carbocycles. The molecule has 0 bridgehead atoms. The zero-order chi connectivity index (χ0) is 13.7. The third kappa shape index (κ3) is 3.34. The number of methoxy groups -OCH3 is 1. The van der Waals surface area contributed by atoms with Crippen molar-refractivity contribution in [2.45, 2.75) is 13.3 Å². The molecule has 0 radical (unpaired) electrons. The summed E-state index contributed by atoms with van der Waals surface area (Å²) in [5.74, 6) is 0.463. The van der Waals surface area contributed by atoms with E-state index < -0.39 is 0 Å². The fourth-order valence-electron chi connectivity index (χ4n) is 1.83. The number of imidazole rings is 1. The molecule has 0 aliphatic rings. The third-order valence-corrected chi connectivity index (χ3v) is 2.83. The second kappa shape index (κ2) is 6.04. The molecule has 5 nitrogen and oxygen atoms in total. The number of amides is 1. The van der Waals surface area contributed by atoms with Crippen molar-refractivity contribution in [3.05, 3.63) is 47.5 Å². The van der Waals surface area contributed by atoms with Crippen LogP contribution >= 0.6 is 0 Å². The van der Waals surface area contributed by atoms with Gasteiger partial charge in [0.25, 0.3) is 5.91 Å². The molecular weight excluding hydrogens is 242 g/mol. The Morgan fingerprint density at radius 1 is 1.47 bits per heavy atom. The van der Waals surface area contributed by atoms with Crippen LogP contribution in [0.15, 0.2) is 30.7 Å². The van der Waals surface area contributed by atoms with Crippen LogP contribution in [0.1, 0.15) is 21.6 Å². The number of aryl methyl sites for hydroxylation is 1. The van der Waals surface area contributed by atoms with Crippen LogP contribution in [-0.4, -0.2) is 29.5 Å². The topological polar surface area (TPSA) is 67.0 Å². The minimum absolute atomic E-state index is 0.125. The Morgan fingerprint density at radius 3 is 3.00 bits per heavy atom. The van der Waals surface area contributed by atoms with Gasteiger partial charge in [-0.15, -0.1) is 0 Å².